The number of aryl methyl sites for hydroxylation is 1. The van der Waals surface area contributed by atoms with E-state index in [2.05, 4.69) is 4.98 Å². The number of hydrogen-bond acceptors (Lipinski definition) is 3. The molecule has 0 spiro atoms. The van der Waals surface area contributed by atoms with Crippen LogP contribution in [0.1, 0.15) is 34.3 Å². The van der Waals surface area contributed by atoms with Crippen molar-refractivity contribution in [3.8, 4) is 0 Å². The molecule has 0 atom stereocenters. The van der Waals surface area contributed by atoms with Gasteiger partial charge in [-0.1, -0.05) is 0 Å². The van der Waals surface area contributed by atoms with Crippen molar-refractivity contribution in [2.75, 3.05) is 0 Å². The largest absolute Gasteiger partial charge is 0.390 e. The van der Waals surface area contributed by atoms with Crippen LogP contribution in [0, 0.1) is 6.92 Å². The summed E-state index contributed by atoms with van der Waals surface area (Å²) in [4.78, 5) is 5.58. The van der Waals surface area contributed by atoms with Crippen LogP contribution in [0.4, 0.5) is 0 Å². The summed E-state index contributed by atoms with van der Waals surface area (Å²) in [7, 11) is 0. The molecule has 0 aromatic carbocycles. The molecule has 2 nitrogen and oxygen atoms in total. The quantitative estimate of drug-likeness (QED) is 0.732. The Kier molecular flexibility index (Phi) is 1.69. The summed E-state index contributed by atoms with van der Waals surface area (Å²) in [6.45, 7) is 2.10. The molecule has 1 aromatic heterocycles. The summed E-state index contributed by atoms with van der Waals surface area (Å²) < 4.78 is 0. The molecule has 1 aliphatic rings. The summed E-state index contributed by atoms with van der Waals surface area (Å²) in [6.07, 6.45) is 2.57. The normalized spacial score (nSPS) is 17.3. The third-order valence-electron chi connectivity index (χ3n) is 1.93. The zero-order valence-corrected chi connectivity index (χ0v) is 7.32. The van der Waals surface area contributed by atoms with Gasteiger partial charge in [0.2, 0.25) is 0 Å². The van der Waals surface area contributed by atoms with Gasteiger partial charge in [0.25, 0.3) is 0 Å². The topological polar surface area (TPSA) is 33.1 Å². The van der Waals surface area contributed by atoms with E-state index in [0.717, 1.165) is 16.6 Å². The molecule has 0 amide bonds. The van der Waals surface area contributed by atoms with Gasteiger partial charge in [0.05, 0.1) is 17.3 Å². The average Bonchev–Trinajstić information content (AvgIpc) is 2.75. The standard InChI is InChI=1S/C8H11NOS/c1-5-9-7(4-10)8(11-5)6-2-3-6/h6,10H,2-4H2,1H3. The first kappa shape index (κ1) is 7.25. The van der Waals surface area contributed by atoms with Crippen molar-refractivity contribution >= 4 is 11.3 Å². The molecule has 1 saturated carbocycles. The highest BCUT2D eigenvalue weighted by Gasteiger charge is 2.28. The summed E-state index contributed by atoms with van der Waals surface area (Å²) in [5.41, 5.74) is 0.912. The summed E-state index contributed by atoms with van der Waals surface area (Å²) in [5.74, 6) is 0.725. The van der Waals surface area contributed by atoms with Crippen LogP contribution in [-0.4, -0.2) is 10.1 Å². The second kappa shape index (κ2) is 2.57. The van der Waals surface area contributed by atoms with Crippen molar-refractivity contribution in [1.29, 1.82) is 0 Å². The van der Waals surface area contributed by atoms with Crippen molar-refractivity contribution in [2.45, 2.75) is 32.3 Å². The van der Waals surface area contributed by atoms with Gasteiger partial charge in [0.1, 0.15) is 0 Å². The van der Waals surface area contributed by atoms with Gasteiger partial charge in [0.15, 0.2) is 0 Å². The number of rotatable bonds is 2. The van der Waals surface area contributed by atoms with E-state index in [1.54, 1.807) is 11.3 Å². The number of hydrogen-bond donors (Lipinski definition) is 1. The molecule has 1 aromatic rings. The molecule has 0 unspecified atom stereocenters. The van der Waals surface area contributed by atoms with Crippen molar-refractivity contribution in [1.82, 2.24) is 4.98 Å². The molecule has 0 bridgehead atoms. The second-order valence-corrected chi connectivity index (χ2v) is 4.21. The molecular formula is C8H11NOS. The Morgan fingerprint density at radius 2 is 2.36 bits per heavy atom. The first-order valence-corrected chi connectivity index (χ1v) is 4.70. The molecule has 1 N–H and O–H groups in total. The molecule has 1 aliphatic carbocycles. The first-order chi connectivity index (χ1) is 5.31. The molecule has 0 saturated heterocycles. The lowest BCUT2D eigenvalue weighted by Gasteiger charge is -1.92. The number of aliphatic hydroxyl groups excluding tert-OH is 1. The minimum absolute atomic E-state index is 0.107. The third-order valence-corrected chi connectivity index (χ3v) is 3.11. The zero-order valence-electron chi connectivity index (χ0n) is 6.50. The Morgan fingerprint density at radius 3 is 2.91 bits per heavy atom. The predicted octanol–water partition coefficient (Wildman–Crippen LogP) is 1.82. The van der Waals surface area contributed by atoms with Crippen molar-refractivity contribution in [3.63, 3.8) is 0 Å². The summed E-state index contributed by atoms with van der Waals surface area (Å²) in [5, 5.41) is 10.0. The van der Waals surface area contributed by atoms with E-state index in [0.29, 0.717) is 0 Å². The smallest absolute Gasteiger partial charge is 0.0901 e. The Bertz CT molecular complexity index is 265. The number of thiazole rings is 1. The lowest BCUT2D eigenvalue weighted by Crippen LogP contribution is -1.87. The van der Waals surface area contributed by atoms with Crippen LogP contribution in [0.5, 0.6) is 0 Å². The molecule has 1 heterocycles. The van der Waals surface area contributed by atoms with Gasteiger partial charge in [-0.15, -0.1) is 11.3 Å². The minimum Gasteiger partial charge on any atom is -0.390 e. The fraction of sp³-hybridized carbons (Fsp3) is 0.625. The van der Waals surface area contributed by atoms with Gasteiger partial charge in [-0.2, -0.15) is 0 Å². The SMILES string of the molecule is Cc1nc(CO)c(C2CC2)s1. The molecule has 2 rings (SSSR count). The molecule has 60 valence electrons. The molecular weight excluding hydrogens is 158 g/mol. The molecule has 1 fully saturated rings. The lowest BCUT2D eigenvalue weighted by molar-refractivity contribution is 0.276. The number of aromatic nitrogens is 1. The Hall–Kier alpha value is -0.410. The van der Waals surface area contributed by atoms with Crippen molar-refractivity contribution < 1.29 is 5.11 Å². The third kappa shape index (κ3) is 1.30. The fourth-order valence-electron chi connectivity index (χ4n) is 1.26. The predicted molar refractivity (Wildman–Crippen MR) is 44.7 cm³/mol. The van der Waals surface area contributed by atoms with Gasteiger partial charge in [-0.3, -0.25) is 0 Å². The first-order valence-electron chi connectivity index (χ1n) is 3.88. The van der Waals surface area contributed by atoms with Gasteiger partial charge in [-0.05, 0) is 25.7 Å². The highest BCUT2D eigenvalue weighted by molar-refractivity contribution is 7.11. The van der Waals surface area contributed by atoms with Crippen LogP contribution >= 0.6 is 11.3 Å². The maximum atomic E-state index is 8.95. The van der Waals surface area contributed by atoms with Gasteiger partial charge in [0, 0.05) is 4.88 Å². The van der Waals surface area contributed by atoms with Crippen LogP contribution < -0.4 is 0 Å². The maximum absolute atomic E-state index is 8.95. The highest BCUT2D eigenvalue weighted by Crippen LogP contribution is 2.44. The van der Waals surface area contributed by atoms with Crippen LogP contribution in [0.25, 0.3) is 0 Å². The fourth-order valence-corrected chi connectivity index (χ4v) is 2.37. The molecule has 0 radical (unpaired) electrons. The summed E-state index contributed by atoms with van der Waals surface area (Å²) in [6, 6.07) is 0. The van der Waals surface area contributed by atoms with E-state index in [9.17, 15) is 0 Å². The van der Waals surface area contributed by atoms with Crippen LogP contribution in [0.3, 0.4) is 0 Å². The number of aliphatic hydroxyl groups is 1. The van der Waals surface area contributed by atoms with E-state index in [1.807, 2.05) is 6.92 Å². The van der Waals surface area contributed by atoms with Crippen LogP contribution in [0.2, 0.25) is 0 Å². The van der Waals surface area contributed by atoms with Gasteiger partial charge in [-0.25, -0.2) is 4.98 Å². The molecule has 0 aliphatic heterocycles. The van der Waals surface area contributed by atoms with E-state index in [1.165, 1.54) is 17.7 Å². The van der Waals surface area contributed by atoms with Gasteiger partial charge >= 0.3 is 0 Å². The Balaban J connectivity index is 2.34. The zero-order chi connectivity index (χ0) is 7.84. The van der Waals surface area contributed by atoms with Crippen LogP contribution in [0.15, 0.2) is 0 Å². The minimum atomic E-state index is 0.107. The molecule has 3 heteroatoms. The van der Waals surface area contributed by atoms with Crippen molar-refractivity contribution in [3.05, 3.63) is 15.6 Å². The Morgan fingerprint density at radius 1 is 1.64 bits per heavy atom. The second-order valence-electron chi connectivity index (χ2n) is 2.98. The van der Waals surface area contributed by atoms with E-state index < -0.39 is 0 Å². The number of nitrogens with zero attached hydrogens (tertiary/aromatic N) is 1. The van der Waals surface area contributed by atoms with E-state index in [4.69, 9.17) is 5.11 Å². The molecule has 11 heavy (non-hydrogen) atoms. The highest BCUT2D eigenvalue weighted by atomic mass is 32.1. The maximum Gasteiger partial charge on any atom is 0.0901 e. The average molecular weight is 169 g/mol. The lowest BCUT2D eigenvalue weighted by atomic mass is 10.3. The monoisotopic (exact) mass is 169 g/mol. The van der Waals surface area contributed by atoms with E-state index in [-0.39, 0.29) is 6.61 Å². The van der Waals surface area contributed by atoms with Crippen LogP contribution in [-0.2, 0) is 6.61 Å². The Labute approximate surface area is 69.9 Å². The van der Waals surface area contributed by atoms with E-state index >= 15 is 0 Å². The van der Waals surface area contributed by atoms with Crippen molar-refractivity contribution in [2.24, 2.45) is 0 Å². The summed E-state index contributed by atoms with van der Waals surface area (Å²) >= 11 is 1.74. The van der Waals surface area contributed by atoms with Gasteiger partial charge < -0.3 is 5.11 Å².